The van der Waals surface area contributed by atoms with Crippen molar-refractivity contribution in [2.24, 2.45) is 5.73 Å². The van der Waals surface area contributed by atoms with E-state index in [0.29, 0.717) is 0 Å². The van der Waals surface area contributed by atoms with Crippen molar-refractivity contribution in [2.75, 3.05) is 6.54 Å². The van der Waals surface area contributed by atoms with Crippen LogP contribution in [0.1, 0.15) is 45.4 Å². The highest BCUT2D eigenvalue weighted by molar-refractivity contribution is 5.72. The lowest BCUT2D eigenvalue weighted by atomic mass is 10.1. The molecule has 0 fully saturated rings. The normalized spacial score (nSPS) is 18.1. The smallest absolute Gasteiger partial charge is 0.407 e. The first kappa shape index (κ1) is 9.70. The molecular formula is C11H22N2O4. The van der Waals surface area contributed by atoms with Gasteiger partial charge in [0.15, 0.2) is 0 Å². The number of carboxylic acid groups (broad SMARTS) is 1. The van der Waals surface area contributed by atoms with Crippen LogP contribution in [0.5, 0.6) is 0 Å². The van der Waals surface area contributed by atoms with Crippen molar-refractivity contribution in [3.63, 3.8) is 0 Å². The van der Waals surface area contributed by atoms with Crippen LogP contribution in [0, 0.1) is 0 Å². The van der Waals surface area contributed by atoms with Gasteiger partial charge in [-0.3, -0.25) is 4.79 Å². The number of ether oxygens (including phenoxy) is 1. The molecule has 100 valence electrons. The first-order valence-electron chi connectivity index (χ1n) is 7.13. The Hall–Kier alpha value is -1.30. The molecule has 6 nitrogen and oxygen atoms in total. The van der Waals surface area contributed by atoms with E-state index < -0.39 is 49.4 Å². The van der Waals surface area contributed by atoms with Gasteiger partial charge in [0.05, 0.1) is 0 Å². The molecule has 6 heteroatoms. The molecule has 0 saturated carbocycles. The van der Waals surface area contributed by atoms with Crippen molar-refractivity contribution >= 4 is 12.1 Å². The standard InChI is InChI=1S/C11H22N2O4/c1-11(2,3)17-10(16)13-7-5-4-6-8(12)9(14)15/h8H,4-7,12H2,1-3H3,(H,13,16)(H,14,15)/t8-/m0/s1/i4D2,5D2. The van der Waals surface area contributed by atoms with Gasteiger partial charge in [-0.2, -0.15) is 0 Å². The van der Waals surface area contributed by atoms with E-state index in [1.54, 1.807) is 20.8 Å². The highest BCUT2D eigenvalue weighted by Gasteiger charge is 2.15. The van der Waals surface area contributed by atoms with Crippen LogP contribution in [0.15, 0.2) is 0 Å². The topological polar surface area (TPSA) is 102 Å². The van der Waals surface area contributed by atoms with E-state index in [9.17, 15) is 9.59 Å². The number of alkyl carbamates (subject to hydrolysis) is 1. The summed E-state index contributed by atoms with van der Waals surface area (Å²) in [5, 5.41) is 10.8. The van der Waals surface area contributed by atoms with Crippen molar-refractivity contribution in [3.05, 3.63) is 0 Å². The summed E-state index contributed by atoms with van der Waals surface area (Å²) in [4.78, 5) is 22.0. The van der Waals surface area contributed by atoms with Crippen LogP contribution in [0.3, 0.4) is 0 Å². The Kier molecular flexibility index (Phi) is 4.06. The highest BCUT2D eigenvalue weighted by Crippen LogP contribution is 2.06. The van der Waals surface area contributed by atoms with Crippen LogP contribution < -0.4 is 11.1 Å². The summed E-state index contributed by atoms with van der Waals surface area (Å²) in [6, 6.07) is -1.53. The Morgan fingerprint density at radius 3 is 2.53 bits per heavy atom. The molecule has 0 rings (SSSR count). The van der Waals surface area contributed by atoms with E-state index in [1.165, 1.54) is 0 Å². The molecule has 0 spiro atoms. The zero-order valence-electron chi connectivity index (χ0n) is 14.2. The first-order valence-corrected chi connectivity index (χ1v) is 5.13. The van der Waals surface area contributed by atoms with Gasteiger partial charge in [-0.15, -0.1) is 0 Å². The van der Waals surface area contributed by atoms with Gasteiger partial charge in [0, 0.05) is 12.0 Å². The molecule has 17 heavy (non-hydrogen) atoms. The highest BCUT2D eigenvalue weighted by atomic mass is 16.6. The maximum Gasteiger partial charge on any atom is 0.407 e. The number of rotatable bonds is 6. The minimum absolute atomic E-state index is 0.665. The van der Waals surface area contributed by atoms with Crippen LogP contribution >= 0.6 is 0 Å². The van der Waals surface area contributed by atoms with Crippen molar-refractivity contribution in [1.82, 2.24) is 5.32 Å². The number of carbonyl (C=O) groups excluding carboxylic acids is 1. The Labute approximate surface area is 107 Å². The van der Waals surface area contributed by atoms with Gasteiger partial charge in [-0.05, 0) is 39.9 Å². The summed E-state index contributed by atoms with van der Waals surface area (Å²) in [6.45, 7) is 4.23. The van der Waals surface area contributed by atoms with E-state index in [1.807, 2.05) is 0 Å². The molecule has 0 aliphatic rings. The SMILES string of the molecule is [2H]C([2H])(CNC(=O)OC(C)(C)C)C([2H])([2H])C[C@H](N)C(=O)O. The number of carbonyl (C=O) groups is 2. The van der Waals surface area contributed by atoms with Crippen LogP contribution in [0.2, 0.25) is 0 Å². The lowest BCUT2D eigenvalue weighted by molar-refractivity contribution is -0.138. The lowest BCUT2D eigenvalue weighted by Crippen LogP contribution is -2.33. The molecule has 0 aliphatic carbocycles. The molecule has 0 aromatic heterocycles. The van der Waals surface area contributed by atoms with E-state index in [-0.39, 0.29) is 0 Å². The summed E-state index contributed by atoms with van der Waals surface area (Å²) < 4.78 is 35.5. The fourth-order valence-corrected chi connectivity index (χ4v) is 0.762. The molecular weight excluding hydrogens is 224 g/mol. The van der Waals surface area contributed by atoms with Gasteiger partial charge < -0.3 is 20.9 Å². The van der Waals surface area contributed by atoms with Crippen molar-refractivity contribution < 1.29 is 24.9 Å². The number of nitrogens with one attached hydrogen (secondary N) is 1. The summed E-state index contributed by atoms with van der Waals surface area (Å²) >= 11 is 0. The molecule has 1 amide bonds. The fourth-order valence-electron chi connectivity index (χ4n) is 0.762. The second-order valence-electron chi connectivity index (χ2n) is 4.36. The number of carboxylic acids is 1. The van der Waals surface area contributed by atoms with Crippen molar-refractivity contribution in [2.45, 2.75) is 51.6 Å². The molecule has 1 atom stereocenters. The third-order valence-corrected chi connectivity index (χ3v) is 1.48. The second kappa shape index (κ2) is 7.11. The molecule has 0 unspecified atom stereocenters. The summed E-state index contributed by atoms with van der Waals surface area (Å²) in [5.41, 5.74) is 4.46. The number of aliphatic carboxylic acids is 1. The number of amides is 1. The van der Waals surface area contributed by atoms with E-state index in [2.05, 4.69) is 5.32 Å². The number of hydrogen-bond acceptors (Lipinski definition) is 4. The monoisotopic (exact) mass is 250 g/mol. The predicted octanol–water partition coefficient (Wildman–Crippen LogP) is 1.09. The quantitative estimate of drug-likeness (QED) is 0.655. The molecule has 0 heterocycles. The first-order chi connectivity index (χ1) is 9.18. The molecule has 0 aromatic rings. The van der Waals surface area contributed by atoms with Crippen LogP contribution in [-0.4, -0.2) is 35.4 Å². The number of nitrogens with two attached hydrogens (primary N) is 1. The predicted molar refractivity (Wildman–Crippen MR) is 63.7 cm³/mol. The van der Waals surface area contributed by atoms with Gasteiger partial charge in [0.2, 0.25) is 0 Å². The van der Waals surface area contributed by atoms with Crippen LogP contribution in [0.4, 0.5) is 4.79 Å². The maximum absolute atomic E-state index is 11.4. The maximum atomic E-state index is 11.4. The zero-order valence-corrected chi connectivity index (χ0v) is 10.2. The van der Waals surface area contributed by atoms with Gasteiger partial charge in [-0.25, -0.2) is 4.79 Å². The van der Waals surface area contributed by atoms with E-state index >= 15 is 0 Å². The Morgan fingerprint density at radius 1 is 1.47 bits per heavy atom. The molecule has 0 aliphatic heterocycles. The summed E-state index contributed by atoms with van der Waals surface area (Å²) in [5.74, 6) is -1.42. The molecule has 4 N–H and O–H groups in total. The van der Waals surface area contributed by atoms with Crippen molar-refractivity contribution in [3.8, 4) is 0 Å². The molecule has 0 saturated heterocycles. The van der Waals surface area contributed by atoms with E-state index in [4.69, 9.17) is 21.1 Å². The lowest BCUT2D eigenvalue weighted by Gasteiger charge is -2.19. The summed E-state index contributed by atoms with van der Waals surface area (Å²) in [6.07, 6.45) is -6.63. The van der Waals surface area contributed by atoms with Gasteiger partial charge in [-0.1, -0.05) is 0 Å². The van der Waals surface area contributed by atoms with E-state index in [0.717, 1.165) is 0 Å². The van der Waals surface area contributed by atoms with Crippen molar-refractivity contribution in [1.29, 1.82) is 0 Å². The minimum Gasteiger partial charge on any atom is -0.480 e. The number of hydrogen-bond donors (Lipinski definition) is 3. The van der Waals surface area contributed by atoms with Crippen LogP contribution in [-0.2, 0) is 9.53 Å². The average Bonchev–Trinajstić information content (AvgIpc) is 2.23. The molecule has 0 bridgehead atoms. The fraction of sp³-hybridized carbons (Fsp3) is 0.818. The molecule has 0 aromatic carbocycles. The summed E-state index contributed by atoms with van der Waals surface area (Å²) in [7, 11) is 0. The Morgan fingerprint density at radius 2 is 2.06 bits per heavy atom. The third kappa shape index (κ3) is 9.62. The Balaban J connectivity index is 4.66. The van der Waals surface area contributed by atoms with Crippen LogP contribution in [0.25, 0.3) is 0 Å². The molecule has 0 radical (unpaired) electrons. The third-order valence-electron chi connectivity index (χ3n) is 1.48. The van der Waals surface area contributed by atoms with Gasteiger partial charge in [0.25, 0.3) is 0 Å². The average molecular weight is 250 g/mol. The Bertz CT molecular complexity index is 396. The van der Waals surface area contributed by atoms with Gasteiger partial charge >= 0.3 is 12.1 Å². The second-order valence-corrected chi connectivity index (χ2v) is 4.36. The zero-order chi connectivity index (χ0) is 17.1. The largest absolute Gasteiger partial charge is 0.480 e. The van der Waals surface area contributed by atoms with Gasteiger partial charge in [0.1, 0.15) is 11.6 Å². The minimum atomic E-state index is -2.53.